The van der Waals surface area contributed by atoms with Crippen LogP contribution in [0.2, 0.25) is 0 Å². The summed E-state index contributed by atoms with van der Waals surface area (Å²) in [5.74, 6) is 5.89. The molecule has 2 heteroatoms. The van der Waals surface area contributed by atoms with Gasteiger partial charge in [0, 0.05) is 11.5 Å². The molecule has 1 atom stereocenters. The van der Waals surface area contributed by atoms with Crippen molar-refractivity contribution in [2.24, 2.45) is 5.84 Å². The topological polar surface area (TPSA) is 38.0 Å². The van der Waals surface area contributed by atoms with Crippen LogP contribution in [0, 0.1) is 0 Å². The van der Waals surface area contributed by atoms with Crippen LogP contribution in [0.25, 0.3) is 0 Å². The van der Waals surface area contributed by atoms with Crippen LogP contribution in [0.4, 0.5) is 0 Å². The molecule has 1 aliphatic carbocycles. The molecular weight excluding hydrogens is 256 g/mol. The maximum Gasteiger partial charge on any atom is 0.0347 e. The van der Waals surface area contributed by atoms with Crippen molar-refractivity contribution >= 4 is 0 Å². The predicted molar refractivity (Wildman–Crippen MR) is 88.0 cm³/mol. The molecule has 1 saturated carbocycles. The Balaban J connectivity index is 1.79. The van der Waals surface area contributed by atoms with E-state index in [0.717, 1.165) is 12.8 Å². The second-order valence-electron chi connectivity index (χ2n) is 6.12. The molecular formula is C19H24N2. The number of nitrogens with two attached hydrogens (primary N) is 1. The van der Waals surface area contributed by atoms with Gasteiger partial charge in [0.15, 0.2) is 0 Å². The van der Waals surface area contributed by atoms with Gasteiger partial charge in [-0.05, 0) is 42.4 Å². The Morgan fingerprint density at radius 3 is 2.14 bits per heavy atom. The number of rotatable bonds is 6. The Hall–Kier alpha value is -1.64. The van der Waals surface area contributed by atoms with Gasteiger partial charge in [0.1, 0.15) is 0 Å². The third kappa shape index (κ3) is 2.87. The lowest BCUT2D eigenvalue weighted by Gasteiger charge is -2.27. The molecule has 2 aromatic rings. The van der Waals surface area contributed by atoms with E-state index in [9.17, 15) is 0 Å². The van der Waals surface area contributed by atoms with Crippen molar-refractivity contribution in [1.82, 2.24) is 5.43 Å². The van der Waals surface area contributed by atoms with Gasteiger partial charge < -0.3 is 0 Å². The van der Waals surface area contributed by atoms with Crippen molar-refractivity contribution in [3.05, 3.63) is 71.3 Å². The van der Waals surface area contributed by atoms with E-state index in [1.807, 2.05) is 0 Å². The summed E-state index contributed by atoms with van der Waals surface area (Å²) in [6.45, 7) is 2.19. The summed E-state index contributed by atoms with van der Waals surface area (Å²) in [6, 6.07) is 20.0. The van der Waals surface area contributed by atoms with E-state index in [0.29, 0.717) is 6.04 Å². The minimum atomic E-state index is 0.222. The molecule has 21 heavy (non-hydrogen) atoms. The van der Waals surface area contributed by atoms with Crippen LogP contribution >= 0.6 is 0 Å². The fraction of sp³-hybridized carbons (Fsp3) is 0.368. The molecule has 1 unspecified atom stereocenters. The van der Waals surface area contributed by atoms with Crippen LogP contribution in [0.5, 0.6) is 0 Å². The van der Waals surface area contributed by atoms with Gasteiger partial charge >= 0.3 is 0 Å². The summed E-state index contributed by atoms with van der Waals surface area (Å²) in [4.78, 5) is 0. The average molecular weight is 280 g/mol. The minimum absolute atomic E-state index is 0.222. The van der Waals surface area contributed by atoms with Crippen LogP contribution in [0.3, 0.4) is 0 Å². The molecule has 0 aromatic heterocycles. The first-order chi connectivity index (χ1) is 10.3. The highest BCUT2D eigenvalue weighted by atomic mass is 15.2. The van der Waals surface area contributed by atoms with Crippen molar-refractivity contribution in [2.75, 3.05) is 0 Å². The highest BCUT2D eigenvalue weighted by Gasteiger charge is 2.50. The number of hydrogen-bond acceptors (Lipinski definition) is 2. The van der Waals surface area contributed by atoms with Crippen LogP contribution in [-0.2, 0) is 18.3 Å². The third-order valence-electron chi connectivity index (χ3n) is 4.88. The normalized spacial score (nSPS) is 17.4. The summed E-state index contributed by atoms with van der Waals surface area (Å²) in [5.41, 5.74) is 7.46. The van der Waals surface area contributed by atoms with Gasteiger partial charge in [0.05, 0.1) is 0 Å². The molecule has 110 valence electrons. The summed E-state index contributed by atoms with van der Waals surface area (Å²) >= 11 is 0. The molecule has 2 nitrogen and oxygen atoms in total. The number of nitrogens with one attached hydrogen (secondary N) is 1. The quantitative estimate of drug-likeness (QED) is 0.629. The average Bonchev–Trinajstić information content (AvgIpc) is 3.36. The van der Waals surface area contributed by atoms with Gasteiger partial charge in [-0.1, -0.05) is 61.5 Å². The summed E-state index contributed by atoms with van der Waals surface area (Å²) in [5, 5.41) is 0. The lowest BCUT2D eigenvalue weighted by molar-refractivity contribution is 0.420. The molecule has 0 aliphatic heterocycles. The number of hydrogen-bond donors (Lipinski definition) is 2. The SMILES string of the molecule is CCc1ccc(CC(NN)C2(c3ccccc3)CC2)cc1. The Labute approximate surface area is 127 Å². The maximum absolute atomic E-state index is 5.89. The van der Waals surface area contributed by atoms with Gasteiger partial charge in [-0.15, -0.1) is 0 Å². The molecule has 1 fully saturated rings. The monoisotopic (exact) mass is 280 g/mol. The molecule has 2 aromatic carbocycles. The van der Waals surface area contributed by atoms with E-state index in [1.54, 1.807) is 0 Å². The Kier molecular flexibility index (Phi) is 4.09. The Bertz CT molecular complexity index is 570. The van der Waals surface area contributed by atoms with E-state index in [2.05, 4.69) is 66.9 Å². The maximum atomic E-state index is 5.89. The first kappa shape index (κ1) is 14.3. The van der Waals surface area contributed by atoms with Crippen molar-refractivity contribution < 1.29 is 0 Å². The largest absolute Gasteiger partial charge is 0.271 e. The van der Waals surface area contributed by atoms with Gasteiger partial charge in [0.2, 0.25) is 0 Å². The molecule has 0 amide bonds. The Morgan fingerprint density at radius 1 is 1.00 bits per heavy atom. The molecule has 0 spiro atoms. The molecule has 3 rings (SSSR count). The lowest BCUT2D eigenvalue weighted by Crippen LogP contribution is -2.45. The fourth-order valence-electron chi connectivity index (χ4n) is 3.30. The zero-order chi connectivity index (χ0) is 14.7. The minimum Gasteiger partial charge on any atom is -0.271 e. The lowest BCUT2D eigenvalue weighted by atomic mass is 9.84. The molecule has 1 aliphatic rings. The predicted octanol–water partition coefficient (Wildman–Crippen LogP) is 3.36. The first-order valence-corrected chi connectivity index (χ1v) is 7.88. The van der Waals surface area contributed by atoms with E-state index in [1.165, 1.54) is 29.5 Å². The molecule has 0 bridgehead atoms. The van der Waals surface area contributed by atoms with Crippen molar-refractivity contribution in [3.63, 3.8) is 0 Å². The van der Waals surface area contributed by atoms with E-state index in [4.69, 9.17) is 5.84 Å². The van der Waals surface area contributed by atoms with Crippen LogP contribution < -0.4 is 11.3 Å². The van der Waals surface area contributed by atoms with Crippen LogP contribution in [0.1, 0.15) is 36.5 Å². The molecule has 3 N–H and O–H groups in total. The summed E-state index contributed by atoms with van der Waals surface area (Å²) in [7, 11) is 0. The standard InChI is InChI=1S/C19H24N2/c1-2-15-8-10-16(11-9-15)14-18(21-20)19(12-13-19)17-6-4-3-5-7-17/h3-11,18,21H,2,12-14,20H2,1H3. The highest BCUT2D eigenvalue weighted by Crippen LogP contribution is 2.51. The van der Waals surface area contributed by atoms with Crippen LogP contribution in [0.15, 0.2) is 54.6 Å². The second kappa shape index (κ2) is 6.00. The molecule has 0 radical (unpaired) electrons. The Morgan fingerprint density at radius 2 is 1.62 bits per heavy atom. The number of hydrazine groups is 1. The summed E-state index contributed by atoms with van der Waals surface area (Å²) < 4.78 is 0. The van der Waals surface area contributed by atoms with E-state index in [-0.39, 0.29) is 5.41 Å². The van der Waals surface area contributed by atoms with Gasteiger partial charge in [-0.3, -0.25) is 11.3 Å². The van der Waals surface area contributed by atoms with Crippen molar-refractivity contribution in [2.45, 2.75) is 44.1 Å². The van der Waals surface area contributed by atoms with Crippen molar-refractivity contribution in [1.29, 1.82) is 0 Å². The smallest absolute Gasteiger partial charge is 0.0347 e. The van der Waals surface area contributed by atoms with Gasteiger partial charge in [-0.2, -0.15) is 0 Å². The molecule has 0 saturated heterocycles. The van der Waals surface area contributed by atoms with Crippen molar-refractivity contribution in [3.8, 4) is 0 Å². The third-order valence-corrected chi connectivity index (χ3v) is 4.88. The summed E-state index contributed by atoms with van der Waals surface area (Å²) in [6.07, 6.45) is 4.51. The zero-order valence-electron chi connectivity index (χ0n) is 12.7. The van der Waals surface area contributed by atoms with E-state index >= 15 is 0 Å². The van der Waals surface area contributed by atoms with Gasteiger partial charge in [0.25, 0.3) is 0 Å². The first-order valence-electron chi connectivity index (χ1n) is 7.88. The zero-order valence-corrected chi connectivity index (χ0v) is 12.7. The second-order valence-corrected chi connectivity index (χ2v) is 6.12. The number of benzene rings is 2. The highest BCUT2D eigenvalue weighted by molar-refractivity contribution is 5.35. The number of aryl methyl sites for hydroxylation is 1. The fourth-order valence-corrected chi connectivity index (χ4v) is 3.30. The van der Waals surface area contributed by atoms with E-state index < -0.39 is 0 Å². The molecule has 0 heterocycles. The van der Waals surface area contributed by atoms with Gasteiger partial charge in [-0.25, -0.2) is 0 Å². The van der Waals surface area contributed by atoms with Crippen LogP contribution in [-0.4, -0.2) is 6.04 Å².